The first-order chi connectivity index (χ1) is 15.2. The van der Waals surface area contributed by atoms with Crippen LogP contribution in [0.25, 0.3) is 0 Å². The van der Waals surface area contributed by atoms with Crippen LogP contribution in [0, 0.1) is 5.92 Å². The third-order valence-electron chi connectivity index (χ3n) is 5.86. The molecule has 0 aliphatic carbocycles. The highest BCUT2D eigenvalue weighted by Crippen LogP contribution is 2.32. The van der Waals surface area contributed by atoms with Gasteiger partial charge in [-0.15, -0.1) is 24.0 Å². The van der Waals surface area contributed by atoms with E-state index in [1.54, 1.807) is 7.05 Å². The van der Waals surface area contributed by atoms with E-state index in [9.17, 15) is 4.79 Å². The highest BCUT2D eigenvalue weighted by Gasteiger charge is 2.23. The number of amides is 1. The van der Waals surface area contributed by atoms with Crippen molar-refractivity contribution in [1.82, 2.24) is 15.5 Å². The number of benzene rings is 2. The zero-order valence-corrected chi connectivity index (χ0v) is 20.7. The maximum atomic E-state index is 12.6. The molecule has 0 saturated carbocycles. The molecule has 2 aliphatic rings. The van der Waals surface area contributed by atoms with Crippen LogP contribution in [-0.2, 0) is 17.8 Å². The quantitative estimate of drug-likeness (QED) is 0.329. The summed E-state index contributed by atoms with van der Waals surface area (Å²) in [5.41, 5.74) is 2.44. The van der Waals surface area contributed by atoms with Gasteiger partial charge in [-0.3, -0.25) is 9.79 Å². The SMILES string of the molecule is CN=C(NCC(=O)N1CCC(Cc2ccccc2)CC1)NCc1ccc2c(c1)OCO2.I. The number of likely N-dealkylation sites (tertiary alicyclic amines) is 1. The second-order valence-corrected chi connectivity index (χ2v) is 7.98. The molecule has 0 atom stereocenters. The van der Waals surface area contributed by atoms with E-state index in [-0.39, 0.29) is 43.2 Å². The van der Waals surface area contributed by atoms with Crippen molar-refractivity contribution in [3.05, 3.63) is 59.7 Å². The van der Waals surface area contributed by atoms with Gasteiger partial charge in [0.2, 0.25) is 12.7 Å². The lowest BCUT2D eigenvalue weighted by molar-refractivity contribution is -0.131. The van der Waals surface area contributed by atoms with Gasteiger partial charge in [-0.2, -0.15) is 0 Å². The van der Waals surface area contributed by atoms with Crippen molar-refractivity contribution >= 4 is 35.8 Å². The number of aliphatic imine (C=N–C) groups is 1. The van der Waals surface area contributed by atoms with Gasteiger partial charge in [0.15, 0.2) is 17.5 Å². The first-order valence-electron chi connectivity index (χ1n) is 10.9. The molecule has 0 bridgehead atoms. The summed E-state index contributed by atoms with van der Waals surface area (Å²) in [4.78, 5) is 18.8. The van der Waals surface area contributed by atoms with Crippen molar-refractivity contribution < 1.29 is 14.3 Å². The minimum absolute atomic E-state index is 0. The summed E-state index contributed by atoms with van der Waals surface area (Å²) in [7, 11) is 1.70. The van der Waals surface area contributed by atoms with Crippen molar-refractivity contribution in [2.75, 3.05) is 33.5 Å². The van der Waals surface area contributed by atoms with E-state index >= 15 is 0 Å². The van der Waals surface area contributed by atoms with Crippen molar-refractivity contribution in [3.8, 4) is 11.5 Å². The first-order valence-corrected chi connectivity index (χ1v) is 10.9. The molecule has 1 saturated heterocycles. The predicted octanol–water partition coefficient (Wildman–Crippen LogP) is 3.18. The molecule has 1 fully saturated rings. The Morgan fingerprint density at radius 3 is 2.53 bits per heavy atom. The van der Waals surface area contributed by atoms with E-state index < -0.39 is 0 Å². The minimum atomic E-state index is 0. The second kappa shape index (κ2) is 11.9. The molecule has 0 aromatic heterocycles. The number of guanidine groups is 1. The molecule has 7 nitrogen and oxygen atoms in total. The summed E-state index contributed by atoms with van der Waals surface area (Å²) in [5.74, 6) is 2.89. The molecular formula is C24H31IN4O3. The summed E-state index contributed by atoms with van der Waals surface area (Å²) >= 11 is 0. The Kier molecular flexibility index (Phi) is 9.01. The molecule has 2 aromatic rings. The van der Waals surface area contributed by atoms with Crippen LogP contribution < -0.4 is 20.1 Å². The predicted molar refractivity (Wildman–Crippen MR) is 136 cm³/mol. The summed E-state index contributed by atoms with van der Waals surface area (Å²) < 4.78 is 10.8. The van der Waals surface area contributed by atoms with Crippen LogP contribution in [0.1, 0.15) is 24.0 Å². The van der Waals surface area contributed by atoms with E-state index in [0.29, 0.717) is 18.4 Å². The van der Waals surface area contributed by atoms with Gasteiger partial charge in [0.25, 0.3) is 0 Å². The van der Waals surface area contributed by atoms with Gasteiger partial charge >= 0.3 is 0 Å². The van der Waals surface area contributed by atoms with E-state index in [1.807, 2.05) is 23.1 Å². The fraction of sp³-hybridized carbons (Fsp3) is 0.417. The Labute approximate surface area is 206 Å². The van der Waals surface area contributed by atoms with Gasteiger partial charge in [-0.25, -0.2) is 0 Å². The molecule has 32 heavy (non-hydrogen) atoms. The summed E-state index contributed by atoms with van der Waals surface area (Å²) in [5, 5.41) is 6.37. The maximum absolute atomic E-state index is 12.6. The minimum Gasteiger partial charge on any atom is -0.454 e. The summed E-state index contributed by atoms with van der Waals surface area (Å²) in [6.45, 7) is 2.73. The molecule has 8 heteroatoms. The third-order valence-corrected chi connectivity index (χ3v) is 5.86. The Bertz CT molecular complexity index is 915. The van der Waals surface area contributed by atoms with Crippen LogP contribution in [0.5, 0.6) is 11.5 Å². The van der Waals surface area contributed by atoms with Crippen molar-refractivity contribution in [3.63, 3.8) is 0 Å². The number of hydrogen-bond donors (Lipinski definition) is 2. The summed E-state index contributed by atoms with van der Waals surface area (Å²) in [6.07, 6.45) is 3.20. The third kappa shape index (κ3) is 6.51. The lowest BCUT2D eigenvalue weighted by atomic mass is 9.90. The Morgan fingerprint density at radius 2 is 1.78 bits per heavy atom. The molecule has 0 spiro atoms. The number of carbonyl (C=O) groups excluding carboxylic acids is 1. The van der Waals surface area contributed by atoms with Crippen LogP contribution in [0.2, 0.25) is 0 Å². The largest absolute Gasteiger partial charge is 0.454 e. The molecule has 1 amide bonds. The number of ether oxygens (including phenoxy) is 2. The maximum Gasteiger partial charge on any atom is 0.241 e. The highest BCUT2D eigenvalue weighted by molar-refractivity contribution is 14.0. The van der Waals surface area contributed by atoms with Gasteiger partial charge in [0.05, 0.1) is 6.54 Å². The Hall–Kier alpha value is -2.49. The van der Waals surface area contributed by atoms with Crippen LogP contribution >= 0.6 is 24.0 Å². The number of carbonyl (C=O) groups is 1. The Balaban J connectivity index is 0.00000289. The number of hydrogen-bond acceptors (Lipinski definition) is 4. The van der Waals surface area contributed by atoms with Gasteiger partial charge in [0, 0.05) is 26.7 Å². The zero-order chi connectivity index (χ0) is 21.5. The molecule has 2 heterocycles. The molecule has 2 aromatic carbocycles. The smallest absolute Gasteiger partial charge is 0.241 e. The molecular weight excluding hydrogens is 519 g/mol. The number of halogens is 1. The van der Waals surface area contributed by atoms with E-state index in [0.717, 1.165) is 49.4 Å². The molecule has 0 radical (unpaired) electrons. The second-order valence-electron chi connectivity index (χ2n) is 7.98. The average Bonchev–Trinajstić information content (AvgIpc) is 3.28. The van der Waals surface area contributed by atoms with E-state index in [1.165, 1.54) is 5.56 Å². The van der Waals surface area contributed by atoms with Crippen molar-refractivity contribution in [2.24, 2.45) is 10.9 Å². The van der Waals surface area contributed by atoms with Crippen molar-refractivity contribution in [1.29, 1.82) is 0 Å². The molecule has 2 N–H and O–H groups in total. The van der Waals surface area contributed by atoms with E-state index in [4.69, 9.17) is 9.47 Å². The normalized spacial score (nSPS) is 15.8. The molecule has 2 aliphatic heterocycles. The van der Waals surface area contributed by atoms with Crippen LogP contribution in [0.4, 0.5) is 0 Å². The number of nitrogens with zero attached hydrogens (tertiary/aromatic N) is 2. The van der Waals surface area contributed by atoms with Crippen LogP contribution in [-0.4, -0.2) is 50.2 Å². The number of rotatable bonds is 6. The van der Waals surface area contributed by atoms with Gasteiger partial charge in [0.1, 0.15) is 0 Å². The summed E-state index contributed by atoms with van der Waals surface area (Å²) in [6, 6.07) is 16.4. The highest BCUT2D eigenvalue weighted by atomic mass is 127. The molecule has 4 rings (SSSR count). The molecule has 172 valence electrons. The van der Waals surface area contributed by atoms with Gasteiger partial charge in [-0.1, -0.05) is 36.4 Å². The fourth-order valence-electron chi connectivity index (χ4n) is 4.06. The van der Waals surface area contributed by atoms with Gasteiger partial charge < -0.3 is 25.0 Å². The first kappa shape index (κ1) is 24.2. The lowest BCUT2D eigenvalue weighted by Gasteiger charge is -2.32. The fourth-order valence-corrected chi connectivity index (χ4v) is 4.06. The lowest BCUT2D eigenvalue weighted by Crippen LogP contribution is -2.46. The van der Waals surface area contributed by atoms with Crippen LogP contribution in [0.3, 0.4) is 0 Å². The number of nitrogens with one attached hydrogen (secondary N) is 2. The topological polar surface area (TPSA) is 75.2 Å². The van der Waals surface area contributed by atoms with Crippen LogP contribution in [0.15, 0.2) is 53.5 Å². The van der Waals surface area contributed by atoms with Gasteiger partial charge in [-0.05, 0) is 48.4 Å². The molecule has 0 unspecified atom stereocenters. The monoisotopic (exact) mass is 550 g/mol. The van der Waals surface area contributed by atoms with Crippen molar-refractivity contribution in [2.45, 2.75) is 25.8 Å². The number of fused-ring (bicyclic) bond motifs is 1. The number of piperidine rings is 1. The van der Waals surface area contributed by atoms with E-state index in [2.05, 4.69) is 46.0 Å². The standard InChI is InChI=1S/C24H30N4O3.HI/c1-25-24(26-15-20-7-8-21-22(14-20)31-17-30-21)27-16-23(29)28-11-9-19(10-12-28)13-18-5-3-2-4-6-18;/h2-8,14,19H,9-13,15-17H2,1H3,(H2,25,26,27);1H. The average molecular weight is 550 g/mol. The Morgan fingerprint density at radius 1 is 1.03 bits per heavy atom. The zero-order valence-electron chi connectivity index (χ0n) is 18.4.